The van der Waals surface area contributed by atoms with Crippen LogP contribution in [0, 0.1) is 5.82 Å². The van der Waals surface area contributed by atoms with Gasteiger partial charge in [0, 0.05) is 20.3 Å². The fourth-order valence-electron chi connectivity index (χ4n) is 2.96. The minimum atomic E-state index is -0.120. The minimum Gasteiger partial charge on any atom is -0.309 e. The maximum Gasteiger partial charge on any atom is 0.126 e. The van der Waals surface area contributed by atoms with Crippen LogP contribution in [0.4, 0.5) is 4.39 Å². The van der Waals surface area contributed by atoms with Crippen molar-refractivity contribution in [2.24, 2.45) is 0 Å². The Morgan fingerprint density at radius 3 is 2.95 bits per heavy atom. The molecule has 0 fully saturated rings. The van der Waals surface area contributed by atoms with Crippen LogP contribution in [0.15, 0.2) is 28.7 Å². The normalized spacial score (nSPS) is 15.2. The van der Waals surface area contributed by atoms with E-state index in [1.165, 1.54) is 40.6 Å². The highest BCUT2D eigenvalue weighted by Gasteiger charge is 2.21. The summed E-state index contributed by atoms with van der Waals surface area (Å²) in [5, 5.41) is 3.51. The molecule has 0 amide bonds. The van der Waals surface area contributed by atoms with E-state index in [4.69, 9.17) is 0 Å². The molecule has 0 saturated carbocycles. The van der Waals surface area contributed by atoms with Crippen LogP contribution in [-0.2, 0) is 19.3 Å². The van der Waals surface area contributed by atoms with Gasteiger partial charge in [-0.3, -0.25) is 0 Å². The van der Waals surface area contributed by atoms with E-state index in [1.807, 2.05) is 17.4 Å². The average molecular weight is 368 g/mol. The SMILES string of the molecule is CCNC(Cc1cc(Br)ccc1F)c1cc2c(s1)CCC2. The van der Waals surface area contributed by atoms with Crippen LogP contribution in [0.5, 0.6) is 0 Å². The lowest BCUT2D eigenvalue weighted by Crippen LogP contribution is -2.22. The molecule has 0 radical (unpaired) electrons. The first-order chi connectivity index (χ1) is 10.2. The van der Waals surface area contributed by atoms with Gasteiger partial charge in [0.1, 0.15) is 5.82 Å². The van der Waals surface area contributed by atoms with Crippen molar-refractivity contribution in [3.63, 3.8) is 0 Å². The van der Waals surface area contributed by atoms with E-state index < -0.39 is 0 Å². The summed E-state index contributed by atoms with van der Waals surface area (Å²) < 4.78 is 14.9. The highest BCUT2D eigenvalue weighted by atomic mass is 79.9. The van der Waals surface area contributed by atoms with Gasteiger partial charge in [-0.1, -0.05) is 22.9 Å². The monoisotopic (exact) mass is 367 g/mol. The van der Waals surface area contributed by atoms with Crippen LogP contribution in [0.1, 0.15) is 40.3 Å². The van der Waals surface area contributed by atoms with Crippen molar-refractivity contribution in [3.8, 4) is 0 Å². The van der Waals surface area contributed by atoms with Crippen molar-refractivity contribution >= 4 is 27.3 Å². The van der Waals surface area contributed by atoms with Gasteiger partial charge in [-0.05, 0) is 67.6 Å². The molecule has 4 heteroatoms. The summed E-state index contributed by atoms with van der Waals surface area (Å²) in [6, 6.07) is 7.71. The summed E-state index contributed by atoms with van der Waals surface area (Å²) in [6.07, 6.45) is 4.39. The second-order valence-electron chi connectivity index (χ2n) is 5.50. The molecule has 0 aliphatic heterocycles. The number of halogens is 2. The summed E-state index contributed by atoms with van der Waals surface area (Å²) in [4.78, 5) is 2.88. The van der Waals surface area contributed by atoms with Crippen LogP contribution in [-0.4, -0.2) is 6.54 Å². The van der Waals surface area contributed by atoms with Gasteiger partial charge in [0.05, 0.1) is 0 Å². The van der Waals surface area contributed by atoms with E-state index in [-0.39, 0.29) is 11.9 Å². The number of benzene rings is 1. The molecule has 0 spiro atoms. The quantitative estimate of drug-likeness (QED) is 0.780. The zero-order valence-corrected chi connectivity index (χ0v) is 14.5. The molecule has 1 aromatic carbocycles. The highest BCUT2D eigenvalue weighted by Crippen LogP contribution is 2.35. The van der Waals surface area contributed by atoms with Crippen molar-refractivity contribution in [3.05, 3.63) is 55.4 Å². The Morgan fingerprint density at radius 1 is 1.33 bits per heavy atom. The molecule has 1 nitrogen and oxygen atoms in total. The van der Waals surface area contributed by atoms with E-state index in [9.17, 15) is 4.39 Å². The Kier molecular flexibility index (Phi) is 4.77. The second-order valence-corrected chi connectivity index (χ2v) is 7.58. The van der Waals surface area contributed by atoms with Gasteiger partial charge in [0.2, 0.25) is 0 Å². The van der Waals surface area contributed by atoms with Crippen LogP contribution < -0.4 is 5.32 Å². The molecule has 1 aliphatic carbocycles. The zero-order valence-electron chi connectivity index (χ0n) is 12.1. The van der Waals surface area contributed by atoms with E-state index in [0.717, 1.165) is 16.6 Å². The van der Waals surface area contributed by atoms with Crippen molar-refractivity contribution < 1.29 is 4.39 Å². The fraction of sp³-hybridized carbons (Fsp3) is 0.412. The number of nitrogens with one attached hydrogen (secondary N) is 1. The summed E-state index contributed by atoms with van der Waals surface area (Å²) in [5.41, 5.74) is 2.27. The number of rotatable bonds is 5. The van der Waals surface area contributed by atoms with Gasteiger partial charge in [-0.25, -0.2) is 4.39 Å². The molecule has 112 valence electrons. The first-order valence-corrected chi connectivity index (χ1v) is 9.07. The van der Waals surface area contributed by atoms with Crippen LogP contribution in [0.2, 0.25) is 0 Å². The van der Waals surface area contributed by atoms with E-state index >= 15 is 0 Å². The molecule has 2 aromatic rings. The van der Waals surface area contributed by atoms with Gasteiger partial charge in [0.25, 0.3) is 0 Å². The molecule has 1 atom stereocenters. The standard InChI is InChI=1S/C17H19BrFNS/c1-2-20-15(9-12-8-13(18)6-7-14(12)19)17-10-11-4-3-5-16(11)21-17/h6-8,10,15,20H,2-5,9H2,1H3. The lowest BCUT2D eigenvalue weighted by atomic mass is 10.0. The van der Waals surface area contributed by atoms with E-state index in [2.05, 4.69) is 34.2 Å². The maximum atomic E-state index is 14.0. The fourth-order valence-corrected chi connectivity index (χ4v) is 4.70. The lowest BCUT2D eigenvalue weighted by Gasteiger charge is -2.17. The molecular formula is C17H19BrFNS. The van der Waals surface area contributed by atoms with Gasteiger partial charge < -0.3 is 5.32 Å². The molecule has 21 heavy (non-hydrogen) atoms. The van der Waals surface area contributed by atoms with Crippen molar-refractivity contribution in [2.75, 3.05) is 6.54 Å². The Balaban J connectivity index is 1.85. The molecular weight excluding hydrogens is 349 g/mol. The summed E-state index contributed by atoms with van der Waals surface area (Å²) >= 11 is 5.34. The summed E-state index contributed by atoms with van der Waals surface area (Å²) in [6.45, 7) is 2.99. The average Bonchev–Trinajstić information content (AvgIpc) is 3.03. The molecule has 3 rings (SSSR count). The van der Waals surface area contributed by atoms with E-state index in [0.29, 0.717) is 6.42 Å². The molecule has 0 bridgehead atoms. The Labute approximate surface area is 137 Å². The topological polar surface area (TPSA) is 12.0 Å². The lowest BCUT2D eigenvalue weighted by molar-refractivity contribution is 0.533. The van der Waals surface area contributed by atoms with Crippen LogP contribution in [0.25, 0.3) is 0 Å². The molecule has 1 aliphatic rings. The molecule has 1 aromatic heterocycles. The number of hydrogen-bond donors (Lipinski definition) is 1. The predicted octanol–water partition coefficient (Wildman–Crippen LogP) is 5.03. The molecule has 1 heterocycles. The number of fused-ring (bicyclic) bond motifs is 1. The third-order valence-electron chi connectivity index (χ3n) is 3.99. The minimum absolute atomic E-state index is 0.120. The third kappa shape index (κ3) is 3.38. The Bertz CT molecular complexity index is 616. The van der Waals surface area contributed by atoms with Crippen molar-refractivity contribution in [1.82, 2.24) is 5.32 Å². The van der Waals surface area contributed by atoms with E-state index in [1.54, 1.807) is 6.07 Å². The summed E-state index contributed by atoms with van der Waals surface area (Å²) in [7, 11) is 0. The van der Waals surface area contributed by atoms with Crippen molar-refractivity contribution in [2.45, 2.75) is 38.6 Å². The maximum absolute atomic E-state index is 14.0. The Morgan fingerprint density at radius 2 is 2.19 bits per heavy atom. The first kappa shape index (κ1) is 15.2. The first-order valence-electron chi connectivity index (χ1n) is 7.46. The van der Waals surface area contributed by atoms with Gasteiger partial charge >= 0.3 is 0 Å². The number of thiophene rings is 1. The molecule has 1 unspecified atom stereocenters. The smallest absolute Gasteiger partial charge is 0.126 e. The van der Waals surface area contributed by atoms with Gasteiger partial charge in [-0.15, -0.1) is 11.3 Å². The largest absolute Gasteiger partial charge is 0.309 e. The van der Waals surface area contributed by atoms with Crippen LogP contribution in [0.3, 0.4) is 0 Å². The second kappa shape index (κ2) is 6.59. The molecule has 0 saturated heterocycles. The number of aryl methyl sites for hydroxylation is 2. The third-order valence-corrected chi connectivity index (χ3v) is 5.84. The number of hydrogen-bond acceptors (Lipinski definition) is 2. The molecule has 1 N–H and O–H groups in total. The highest BCUT2D eigenvalue weighted by molar-refractivity contribution is 9.10. The number of likely N-dealkylation sites (N-methyl/N-ethyl adjacent to an activating group) is 1. The predicted molar refractivity (Wildman–Crippen MR) is 90.6 cm³/mol. The van der Waals surface area contributed by atoms with Gasteiger partial charge in [0.15, 0.2) is 0 Å². The van der Waals surface area contributed by atoms with Gasteiger partial charge in [-0.2, -0.15) is 0 Å². The van der Waals surface area contributed by atoms with Crippen LogP contribution >= 0.6 is 27.3 Å². The summed E-state index contributed by atoms with van der Waals surface area (Å²) in [5.74, 6) is -0.120. The zero-order chi connectivity index (χ0) is 14.8. The van der Waals surface area contributed by atoms with Crippen molar-refractivity contribution in [1.29, 1.82) is 0 Å². The Hall–Kier alpha value is -0.710.